The zero-order valence-corrected chi connectivity index (χ0v) is 13.5. The van der Waals surface area contributed by atoms with Crippen molar-refractivity contribution in [2.75, 3.05) is 6.54 Å². The molecule has 1 aromatic heterocycles. The molecular weight excluding hydrogens is 338 g/mol. The van der Waals surface area contributed by atoms with Gasteiger partial charge < -0.3 is 10.4 Å². The Morgan fingerprint density at radius 2 is 2.15 bits per heavy atom. The third-order valence-corrected chi connectivity index (χ3v) is 4.34. The lowest BCUT2D eigenvalue weighted by molar-refractivity contribution is 0.0553. The van der Waals surface area contributed by atoms with Crippen molar-refractivity contribution in [3.63, 3.8) is 0 Å². The Morgan fingerprint density at radius 1 is 1.40 bits per heavy atom. The number of aliphatic hydroxyl groups is 1. The van der Waals surface area contributed by atoms with Gasteiger partial charge in [-0.25, -0.2) is 0 Å². The van der Waals surface area contributed by atoms with E-state index in [1.54, 1.807) is 24.3 Å². The molecule has 1 heterocycles. The summed E-state index contributed by atoms with van der Waals surface area (Å²) >= 11 is 4.94. The third kappa shape index (κ3) is 4.16. The lowest BCUT2D eigenvalue weighted by Gasteiger charge is -2.23. The van der Waals surface area contributed by atoms with E-state index in [9.17, 15) is 9.90 Å². The fourth-order valence-corrected chi connectivity index (χ4v) is 3.04. The summed E-state index contributed by atoms with van der Waals surface area (Å²) in [5, 5.41) is 17.1. The van der Waals surface area contributed by atoms with Crippen LogP contribution in [-0.4, -0.2) is 23.2 Å². The minimum Gasteiger partial charge on any atom is -0.388 e. The Bertz CT molecular complexity index is 581. The lowest BCUT2D eigenvalue weighted by Crippen LogP contribution is -2.42. The van der Waals surface area contributed by atoms with Crippen molar-refractivity contribution in [2.45, 2.75) is 18.9 Å². The molecule has 2 aromatic rings. The van der Waals surface area contributed by atoms with E-state index in [-0.39, 0.29) is 12.5 Å². The molecule has 2 N–H and O–H groups in total. The highest BCUT2D eigenvalue weighted by molar-refractivity contribution is 9.10. The molecule has 20 heavy (non-hydrogen) atoms. The van der Waals surface area contributed by atoms with Crippen LogP contribution in [0.25, 0.3) is 0 Å². The van der Waals surface area contributed by atoms with Crippen LogP contribution in [0.3, 0.4) is 0 Å². The molecule has 0 radical (unpaired) electrons. The van der Waals surface area contributed by atoms with Crippen LogP contribution in [-0.2, 0) is 6.42 Å². The molecule has 2 rings (SSSR count). The first-order valence-corrected chi connectivity index (χ1v) is 7.98. The van der Waals surface area contributed by atoms with Crippen molar-refractivity contribution in [3.8, 4) is 0 Å². The second-order valence-corrected chi connectivity index (χ2v) is 6.60. The van der Waals surface area contributed by atoms with Gasteiger partial charge in [-0.2, -0.15) is 11.3 Å². The van der Waals surface area contributed by atoms with Gasteiger partial charge in [0.2, 0.25) is 0 Å². The van der Waals surface area contributed by atoms with Crippen molar-refractivity contribution in [1.82, 2.24) is 5.32 Å². The van der Waals surface area contributed by atoms with Crippen LogP contribution in [0.15, 0.2) is 45.6 Å². The van der Waals surface area contributed by atoms with Gasteiger partial charge in [0.1, 0.15) is 0 Å². The predicted octanol–water partition coefficient (Wildman–Crippen LogP) is 3.23. The van der Waals surface area contributed by atoms with Crippen LogP contribution in [0.5, 0.6) is 0 Å². The van der Waals surface area contributed by atoms with Gasteiger partial charge in [-0.15, -0.1) is 0 Å². The molecule has 5 heteroatoms. The van der Waals surface area contributed by atoms with Gasteiger partial charge >= 0.3 is 0 Å². The standard InChI is InChI=1S/C15H16BrNO2S/c1-15(19,8-11-6-7-20-9-11)10-17-14(18)12-4-2-3-5-13(12)16/h2-7,9,19H,8,10H2,1H3,(H,17,18). The lowest BCUT2D eigenvalue weighted by atomic mass is 9.98. The third-order valence-electron chi connectivity index (χ3n) is 2.91. The van der Waals surface area contributed by atoms with Crippen LogP contribution < -0.4 is 5.32 Å². The number of benzene rings is 1. The maximum atomic E-state index is 12.1. The normalized spacial score (nSPS) is 13.8. The predicted molar refractivity (Wildman–Crippen MR) is 85.1 cm³/mol. The van der Waals surface area contributed by atoms with Crippen LogP contribution in [0.2, 0.25) is 0 Å². The Hall–Kier alpha value is -1.17. The highest BCUT2D eigenvalue weighted by atomic mass is 79.9. The fraction of sp³-hybridized carbons (Fsp3) is 0.267. The summed E-state index contributed by atoms with van der Waals surface area (Å²) < 4.78 is 0.745. The monoisotopic (exact) mass is 353 g/mol. The van der Waals surface area contributed by atoms with Crippen molar-refractivity contribution in [1.29, 1.82) is 0 Å². The van der Waals surface area contributed by atoms with E-state index in [0.29, 0.717) is 12.0 Å². The second kappa shape index (κ2) is 6.52. The van der Waals surface area contributed by atoms with Crippen molar-refractivity contribution >= 4 is 33.2 Å². The number of hydrogen-bond acceptors (Lipinski definition) is 3. The highest BCUT2D eigenvalue weighted by Crippen LogP contribution is 2.17. The van der Waals surface area contributed by atoms with Crippen LogP contribution in [0.1, 0.15) is 22.8 Å². The molecule has 1 aromatic carbocycles. The van der Waals surface area contributed by atoms with E-state index in [1.165, 1.54) is 0 Å². The molecule has 0 spiro atoms. The second-order valence-electron chi connectivity index (χ2n) is 4.97. The van der Waals surface area contributed by atoms with E-state index >= 15 is 0 Å². The zero-order valence-electron chi connectivity index (χ0n) is 11.1. The van der Waals surface area contributed by atoms with Gasteiger partial charge in [0.25, 0.3) is 5.91 Å². The average Bonchev–Trinajstić information content (AvgIpc) is 2.89. The number of carbonyl (C=O) groups excluding carboxylic acids is 1. The molecule has 0 aliphatic carbocycles. The van der Waals surface area contributed by atoms with Gasteiger partial charge in [-0.05, 0) is 57.4 Å². The summed E-state index contributed by atoms with van der Waals surface area (Å²) in [4.78, 5) is 12.1. The molecule has 0 aliphatic heterocycles. The topological polar surface area (TPSA) is 49.3 Å². The van der Waals surface area contributed by atoms with Gasteiger partial charge in [-0.1, -0.05) is 12.1 Å². The molecule has 0 bridgehead atoms. The van der Waals surface area contributed by atoms with Gasteiger partial charge in [0.15, 0.2) is 0 Å². The number of amides is 1. The maximum absolute atomic E-state index is 12.1. The molecule has 0 saturated heterocycles. The quantitative estimate of drug-likeness (QED) is 0.866. The van der Waals surface area contributed by atoms with Crippen LogP contribution in [0, 0.1) is 0 Å². The number of hydrogen-bond donors (Lipinski definition) is 2. The molecule has 3 nitrogen and oxygen atoms in total. The van der Waals surface area contributed by atoms with E-state index in [1.807, 2.05) is 35.0 Å². The molecular formula is C15H16BrNO2S. The zero-order chi connectivity index (χ0) is 14.6. The molecule has 1 unspecified atom stereocenters. The number of rotatable bonds is 5. The van der Waals surface area contributed by atoms with E-state index in [2.05, 4.69) is 21.2 Å². The Balaban J connectivity index is 1.94. The number of nitrogens with one attached hydrogen (secondary N) is 1. The first-order valence-electron chi connectivity index (χ1n) is 6.24. The fourth-order valence-electron chi connectivity index (χ4n) is 1.91. The van der Waals surface area contributed by atoms with Crippen molar-refractivity contribution in [2.24, 2.45) is 0 Å². The molecule has 1 atom stereocenters. The maximum Gasteiger partial charge on any atom is 0.252 e. The van der Waals surface area contributed by atoms with Crippen LogP contribution in [0.4, 0.5) is 0 Å². The highest BCUT2D eigenvalue weighted by Gasteiger charge is 2.22. The average molecular weight is 354 g/mol. The molecule has 0 aliphatic rings. The Kier molecular flexibility index (Phi) is 4.96. The van der Waals surface area contributed by atoms with Gasteiger partial charge in [0, 0.05) is 17.4 Å². The summed E-state index contributed by atoms with van der Waals surface area (Å²) in [5.41, 5.74) is 0.687. The summed E-state index contributed by atoms with van der Waals surface area (Å²) in [6.07, 6.45) is 0.521. The number of thiophene rings is 1. The van der Waals surface area contributed by atoms with Crippen molar-refractivity contribution in [3.05, 3.63) is 56.7 Å². The van der Waals surface area contributed by atoms with Gasteiger partial charge in [0.05, 0.1) is 11.2 Å². The summed E-state index contributed by atoms with van der Waals surface area (Å²) in [6, 6.07) is 9.21. The molecule has 1 amide bonds. The summed E-state index contributed by atoms with van der Waals surface area (Å²) in [6.45, 7) is 1.94. The summed E-state index contributed by atoms with van der Waals surface area (Å²) in [7, 11) is 0. The van der Waals surface area contributed by atoms with E-state index < -0.39 is 5.60 Å². The van der Waals surface area contributed by atoms with Crippen LogP contribution >= 0.6 is 27.3 Å². The number of carbonyl (C=O) groups is 1. The van der Waals surface area contributed by atoms with Crippen molar-refractivity contribution < 1.29 is 9.90 Å². The van der Waals surface area contributed by atoms with Gasteiger partial charge in [-0.3, -0.25) is 4.79 Å². The van der Waals surface area contributed by atoms with E-state index in [0.717, 1.165) is 10.0 Å². The SMILES string of the molecule is CC(O)(CNC(=O)c1ccccc1Br)Cc1ccsc1. The Labute approximate surface area is 130 Å². The first kappa shape index (κ1) is 15.2. The summed E-state index contributed by atoms with van der Waals surface area (Å²) in [5.74, 6) is -0.192. The molecule has 106 valence electrons. The Morgan fingerprint density at radius 3 is 2.80 bits per heavy atom. The largest absolute Gasteiger partial charge is 0.388 e. The smallest absolute Gasteiger partial charge is 0.252 e. The minimum absolute atomic E-state index is 0.192. The molecule has 0 saturated carbocycles. The van der Waals surface area contributed by atoms with E-state index in [4.69, 9.17) is 0 Å². The minimum atomic E-state index is -0.960. The first-order chi connectivity index (χ1) is 9.48. The molecule has 0 fully saturated rings. The number of halogens is 1.